The van der Waals surface area contributed by atoms with E-state index in [9.17, 15) is 13.2 Å². The van der Waals surface area contributed by atoms with E-state index in [4.69, 9.17) is 0 Å². The van der Waals surface area contributed by atoms with Gasteiger partial charge in [0.05, 0.1) is 6.20 Å². The lowest BCUT2D eigenvalue weighted by molar-refractivity contribution is -0.134. The van der Waals surface area contributed by atoms with Gasteiger partial charge in [0, 0.05) is 25.5 Å². The molecule has 4 heterocycles. The second-order valence-corrected chi connectivity index (χ2v) is 8.46. The topological polar surface area (TPSA) is 46.3 Å². The number of aromatic nitrogens is 4. The van der Waals surface area contributed by atoms with Gasteiger partial charge >= 0.3 is 6.18 Å². The van der Waals surface area contributed by atoms with Crippen LogP contribution in [0.4, 0.5) is 19.0 Å². The number of nitrogens with zero attached hydrogens (tertiary/aromatic N) is 5. The third-order valence-corrected chi connectivity index (χ3v) is 6.45. The molecular weight excluding hydrogens is 395 g/mol. The van der Waals surface area contributed by atoms with Gasteiger partial charge < -0.3 is 4.90 Å². The van der Waals surface area contributed by atoms with E-state index in [1.165, 1.54) is 17.0 Å². The Morgan fingerprint density at radius 3 is 2.96 bits per heavy atom. The fraction of sp³-hybridized carbons (Fsp3) is 0.471. The van der Waals surface area contributed by atoms with Gasteiger partial charge in [-0.2, -0.15) is 24.9 Å². The first kappa shape index (κ1) is 18.5. The number of hydrogen-bond acceptors (Lipinski definition) is 6. The number of piperidine rings is 1. The van der Waals surface area contributed by atoms with E-state index in [1.54, 1.807) is 6.20 Å². The fourth-order valence-corrected chi connectivity index (χ4v) is 4.94. The molecule has 10 heteroatoms. The summed E-state index contributed by atoms with van der Waals surface area (Å²) in [6, 6.07) is 1.86. The molecule has 1 aliphatic heterocycles. The molecule has 4 rings (SSSR count). The fourth-order valence-electron chi connectivity index (χ4n) is 3.38. The van der Waals surface area contributed by atoms with Crippen LogP contribution in [0.15, 0.2) is 24.7 Å². The number of anilines is 1. The molecule has 5 nitrogen and oxygen atoms in total. The molecule has 1 saturated heterocycles. The molecule has 0 spiro atoms. The van der Waals surface area contributed by atoms with Crippen LogP contribution in [-0.2, 0) is 6.18 Å². The highest BCUT2D eigenvalue weighted by molar-refractivity contribution is 7.98. The Morgan fingerprint density at radius 2 is 2.19 bits per heavy atom. The van der Waals surface area contributed by atoms with E-state index in [2.05, 4.69) is 26.1 Å². The van der Waals surface area contributed by atoms with Crippen LogP contribution in [0.25, 0.3) is 16.5 Å². The maximum atomic E-state index is 13.0. The average Bonchev–Trinajstić information content (AvgIpc) is 3.23. The number of hydrogen-bond donors (Lipinski definition) is 0. The van der Waals surface area contributed by atoms with E-state index in [0.29, 0.717) is 28.8 Å². The first-order valence-corrected chi connectivity index (χ1v) is 10.8. The number of halogens is 3. The van der Waals surface area contributed by atoms with Crippen molar-refractivity contribution >= 4 is 33.9 Å². The molecule has 144 valence electrons. The molecular formula is C17H18F3N5S2. The molecule has 1 atom stereocenters. The number of fused-ring (bicyclic) bond motifs is 1. The van der Waals surface area contributed by atoms with Crippen LogP contribution < -0.4 is 4.90 Å². The molecule has 0 aliphatic carbocycles. The third kappa shape index (κ3) is 3.77. The van der Waals surface area contributed by atoms with Crippen LogP contribution in [0.3, 0.4) is 0 Å². The van der Waals surface area contributed by atoms with Crippen LogP contribution >= 0.6 is 23.1 Å². The quantitative estimate of drug-likeness (QED) is 0.632. The van der Waals surface area contributed by atoms with Gasteiger partial charge in [0.25, 0.3) is 0 Å². The largest absolute Gasteiger partial charge is 0.427 e. The molecule has 27 heavy (non-hydrogen) atoms. The SMILES string of the molecule is CSCC1CCCN(c2ccnc(-c3cnc4sc(C(F)(F)F)cn34)n2)C1. The molecule has 1 unspecified atom stereocenters. The van der Waals surface area contributed by atoms with E-state index in [1.807, 2.05) is 17.8 Å². The van der Waals surface area contributed by atoms with Crippen molar-refractivity contribution in [2.45, 2.75) is 19.0 Å². The normalized spacial score (nSPS) is 18.4. The number of imidazole rings is 1. The van der Waals surface area contributed by atoms with Gasteiger partial charge in [-0.25, -0.2) is 15.0 Å². The summed E-state index contributed by atoms with van der Waals surface area (Å²) in [4.78, 5) is 14.8. The van der Waals surface area contributed by atoms with Crippen LogP contribution in [0, 0.1) is 5.92 Å². The first-order valence-electron chi connectivity index (χ1n) is 8.57. The maximum absolute atomic E-state index is 13.0. The predicted molar refractivity (Wildman–Crippen MR) is 102 cm³/mol. The number of alkyl halides is 3. The lowest BCUT2D eigenvalue weighted by Crippen LogP contribution is -2.36. The average molecular weight is 413 g/mol. The Kier molecular flexibility index (Phi) is 5.02. The molecule has 0 saturated carbocycles. The predicted octanol–water partition coefficient (Wildman–Crippen LogP) is 4.45. The molecule has 0 radical (unpaired) electrons. The van der Waals surface area contributed by atoms with Crippen LogP contribution in [-0.4, -0.2) is 44.5 Å². The zero-order chi connectivity index (χ0) is 19.0. The molecule has 1 aliphatic rings. The molecule has 3 aromatic heterocycles. The lowest BCUT2D eigenvalue weighted by atomic mass is 10.0. The highest BCUT2D eigenvalue weighted by Crippen LogP contribution is 2.36. The smallest absolute Gasteiger partial charge is 0.356 e. The van der Waals surface area contributed by atoms with Crippen molar-refractivity contribution < 1.29 is 13.2 Å². The van der Waals surface area contributed by atoms with E-state index in [0.717, 1.165) is 37.3 Å². The summed E-state index contributed by atoms with van der Waals surface area (Å²) in [6.45, 7) is 1.87. The Hall–Kier alpha value is -1.81. The van der Waals surface area contributed by atoms with Gasteiger partial charge in [-0.1, -0.05) is 11.3 Å². The summed E-state index contributed by atoms with van der Waals surface area (Å²) < 4.78 is 40.3. The van der Waals surface area contributed by atoms with Gasteiger partial charge in [0.1, 0.15) is 16.4 Å². The molecule has 1 fully saturated rings. The van der Waals surface area contributed by atoms with E-state index in [-0.39, 0.29) is 4.96 Å². The van der Waals surface area contributed by atoms with Gasteiger partial charge in [-0.3, -0.25) is 4.40 Å². The minimum absolute atomic E-state index is 0.282. The van der Waals surface area contributed by atoms with Gasteiger partial charge in [0.15, 0.2) is 10.8 Å². The monoisotopic (exact) mass is 413 g/mol. The van der Waals surface area contributed by atoms with E-state index < -0.39 is 11.1 Å². The van der Waals surface area contributed by atoms with Crippen molar-refractivity contribution in [1.29, 1.82) is 0 Å². The van der Waals surface area contributed by atoms with Crippen LogP contribution in [0.1, 0.15) is 17.7 Å². The lowest BCUT2D eigenvalue weighted by Gasteiger charge is -2.33. The first-order chi connectivity index (χ1) is 13.0. The summed E-state index contributed by atoms with van der Waals surface area (Å²) >= 11 is 2.47. The zero-order valence-electron chi connectivity index (χ0n) is 14.6. The van der Waals surface area contributed by atoms with Gasteiger partial charge in [0.2, 0.25) is 0 Å². The van der Waals surface area contributed by atoms with Crippen molar-refractivity contribution in [3.05, 3.63) is 29.5 Å². The Morgan fingerprint density at radius 1 is 1.33 bits per heavy atom. The summed E-state index contributed by atoms with van der Waals surface area (Å²) in [5, 5.41) is 0. The summed E-state index contributed by atoms with van der Waals surface area (Å²) in [7, 11) is 0. The number of thiazole rings is 1. The second kappa shape index (κ2) is 7.31. The Bertz CT molecular complexity index is 934. The van der Waals surface area contributed by atoms with Crippen LogP contribution in [0.5, 0.6) is 0 Å². The third-order valence-electron chi connectivity index (χ3n) is 4.61. The summed E-state index contributed by atoms with van der Waals surface area (Å²) in [5.74, 6) is 2.94. The highest BCUT2D eigenvalue weighted by atomic mass is 32.2. The Labute approximate surface area is 162 Å². The van der Waals surface area contributed by atoms with E-state index >= 15 is 0 Å². The number of thioether (sulfide) groups is 1. The number of rotatable bonds is 4. The van der Waals surface area contributed by atoms with Crippen molar-refractivity contribution in [1.82, 2.24) is 19.4 Å². The second-order valence-electron chi connectivity index (χ2n) is 6.54. The molecule has 3 aromatic rings. The molecule has 0 aromatic carbocycles. The van der Waals surface area contributed by atoms with Crippen LogP contribution in [0.2, 0.25) is 0 Å². The summed E-state index contributed by atoms with van der Waals surface area (Å²) in [6.07, 6.45) is 4.31. The summed E-state index contributed by atoms with van der Waals surface area (Å²) in [5.41, 5.74) is 0.469. The van der Waals surface area contributed by atoms with Gasteiger partial charge in [-0.15, -0.1) is 0 Å². The molecule has 0 amide bonds. The molecule has 0 bridgehead atoms. The van der Waals surface area contributed by atoms with Gasteiger partial charge in [-0.05, 0) is 36.8 Å². The minimum atomic E-state index is -4.38. The standard InChI is InChI=1S/C17H18F3N5S2/c1-26-10-11-3-2-6-24(8-11)14-4-5-21-15(23-14)12-7-22-16-25(12)9-13(27-16)17(18,19)20/h4-5,7,9,11H,2-3,6,8,10H2,1H3. The van der Waals surface area contributed by atoms with Crippen molar-refractivity contribution in [3.63, 3.8) is 0 Å². The molecule has 0 N–H and O–H groups in total. The maximum Gasteiger partial charge on any atom is 0.427 e. The highest BCUT2D eigenvalue weighted by Gasteiger charge is 2.34. The van der Waals surface area contributed by atoms with Crippen molar-refractivity contribution in [3.8, 4) is 11.5 Å². The van der Waals surface area contributed by atoms with Crippen molar-refractivity contribution in [2.24, 2.45) is 5.92 Å². The Balaban J connectivity index is 1.65. The minimum Gasteiger partial charge on any atom is -0.356 e. The zero-order valence-corrected chi connectivity index (χ0v) is 16.2. The van der Waals surface area contributed by atoms with Crippen molar-refractivity contribution in [2.75, 3.05) is 30.0 Å².